The van der Waals surface area contributed by atoms with Gasteiger partial charge in [0.05, 0.1) is 0 Å². The van der Waals surface area contributed by atoms with Crippen molar-refractivity contribution in [2.45, 2.75) is 92.1 Å². The summed E-state index contributed by atoms with van der Waals surface area (Å²) in [5.74, 6) is -76.2. The van der Waals surface area contributed by atoms with Crippen LogP contribution in [0.2, 0.25) is 0 Å². The molecule has 0 bridgehead atoms. The quantitative estimate of drug-likeness (QED) is 0.158. The highest BCUT2D eigenvalue weighted by Crippen LogP contribution is 2.66. The average Bonchev–Trinajstić information content (AvgIpc) is 2.65. The molecule has 0 aliphatic rings. The second-order valence-corrected chi connectivity index (χ2v) is 7.25. The van der Waals surface area contributed by atoms with Gasteiger partial charge in [0.15, 0.2) is 0 Å². The summed E-state index contributed by atoms with van der Waals surface area (Å²) >= 11 is 0. The first-order valence-electron chi connectivity index (χ1n) is 8.78. The predicted octanol–water partition coefficient (Wildman–Crippen LogP) is 8.85. The van der Waals surface area contributed by atoms with Crippen molar-refractivity contribution in [1.82, 2.24) is 0 Å². The van der Waals surface area contributed by atoms with Gasteiger partial charge in [0.1, 0.15) is 0 Å². The van der Waals surface area contributed by atoms with Crippen LogP contribution in [0.3, 0.4) is 0 Å². The summed E-state index contributed by atoms with van der Waals surface area (Å²) in [6.07, 6.45) is -12.4. The molecule has 21 heteroatoms. The number of rotatable bonds is 12. The Morgan fingerprint density at radius 3 is 0.833 bits per heavy atom. The number of alkyl halides is 21. The molecule has 0 amide bonds. The van der Waals surface area contributed by atoms with Crippen LogP contribution in [-0.4, -0.2) is 59.5 Å². The Morgan fingerprint density at radius 1 is 0.333 bits per heavy atom. The summed E-state index contributed by atoms with van der Waals surface area (Å²) in [6, 6.07) is 0. The summed E-state index contributed by atoms with van der Waals surface area (Å²) in [4.78, 5) is 0. The normalized spacial score (nSPS) is 16.5. The van der Waals surface area contributed by atoms with Gasteiger partial charge in [-0.25, -0.2) is 0 Å². The van der Waals surface area contributed by atoms with Gasteiger partial charge in [-0.15, -0.1) is 0 Å². The van der Waals surface area contributed by atoms with Crippen molar-refractivity contribution < 1.29 is 92.2 Å². The Balaban J connectivity index is 6.89. The molecule has 0 radical (unpaired) electrons. The number of hydrogen-bond donors (Lipinski definition) is 0. The average molecular weight is 590 g/mol. The third-order valence-corrected chi connectivity index (χ3v) is 4.67. The molecule has 0 N–H and O–H groups in total. The molecular formula is C15H11F21. The Bertz CT molecular complexity index is 758. The van der Waals surface area contributed by atoms with E-state index in [0.29, 0.717) is 0 Å². The predicted molar refractivity (Wildman–Crippen MR) is 74.7 cm³/mol. The van der Waals surface area contributed by atoms with Crippen LogP contribution >= 0.6 is 0 Å². The minimum absolute atomic E-state index is 0.135. The van der Waals surface area contributed by atoms with Gasteiger partial charge in [0.25, 0.3) is 0 Å². The molecule has 36 heavy (non-hydrogen) atoms. The lowest BCUT2D eigenvalue weighted by Gasteiger charge is -2.44. The van der Waals surface area contributed by atoms with E-state index in [0.717, 1.165) is 0 Å². The van der Waals surface area contributed by atoms with E-state index in [1.54, 1.807) is 0 Å². The topological polar surface area (TPSA) is 0 Å². The lowest BCUT2D eigenvalue weighted by molar-refractivity contribution is -0.474. The van der Waals surface area contributed by atoms with Gasteiger partial charge >= 0.3 is 59.5 Å². The van der Waals surface area contributed by atoms with Gasteiger partial charge in [-0.2, -0.15) is 92.2 Å². The highest BCUT2D eigenvalue weighted by atomic mass is 19.4. The van der Waals surface area contributed by atoms with Crippen molar-refractivity contribution >= 4 is 0 Å². The molecule has 0 saturated carbocycles. The molecule has 0 aromatic rings. The van der Waals surface area contributed by atoms with Gasteiger partial charge < -0.3 is 0 Å². The third-order valence-electron chi connectivity index (χ3n) is 4.67. The third kappa shape index (κ3) is 4.42. The maximum atomic E-state index is 13.6. The monoisotopic (exact) mass is 590 g/mol. The van der Waals surface area contributed by atoms with Crippen LogP contribution in [0.5, 0.6) is 0 Å². The second-order valence-electron chi connectivity index (χ2n) is 7.25. The van der Waals surface area contributed by atoms with Crippen LogP contribution in [0, 0.1) is 0 Å². The van der Waals surface area contributed by atoms with E-state index in [1.807, 2.05) is 0 Å². The molecule has 0 heterocycles. The van der Waals surface area contributed by atoms with Crippen molar-refractivity contribution in [3.8, 4) is 0 Å². The smallest absolute Gasteiger partial charge is 0.200 e. The fraction of sp³-hybridized carbons (Fsp3) is 1.00. The molecule has 0 spiro atoms. The summed E-state index contributed by atoms with van der Waals surface area (Å²) in [5.41, 5.74) is 0. The van der Waals surface area contributed by atoms with Gasteiger partial charge in [-0.1, -0.05) is 19.8 Å². The molecule has 0 rings (SSSR count). The second kappa shape index (κ2) is 9.07. The lowest BCUT2D eigenvalue weighted by Crippen LogP contribution is -2.76. The first kappa shape index (κ1) is 34.5. The van der Waals surface area contributed by atoms with Crippen LogP contribution in [0.25, 0.3) is 0 Å². The van der Waals surface area contributed by atoms with Crippen LogP contribution in [0.4, 0.5) is 92.2 Å². The minimum atomic E-state index is -9.13. The van der Waals surface area contributed by atoms with Crippen LogP contribution in [0.1, 0.15) is 32.6 Å². The van der Waals surface area contributed by atoms with E-state index in [1.165, 1.54) is 6.92 Å². The highest BCUT2D eigenvalue weighted by molar-refractivity contribution is 5.17. The molecule has 0 aromatic carbocycles. The first-order chi connectivity index (χ1) is 15.3. The molecule has 0 aliphatic carbocycles. The van der Waals surface area contributed by atoms with E-state index in [2.05, 4.69) is 0 Å². The molecule has 0 unspecified atom stereocenters. The van der Waals surface area contributed by atoms with Gasteiger partial charge in [0.2, 0.25) is 0 Å². The van der Waals surface area contributed by atoms with Crippen LogP contribution in [-0.2, 0) is 0 Å². The van der Waals surface area contributed by atoms with Crippen molar-refractivity contribution in [2.24, 2.45) is 0 Å². The maximum Gasteiger partial charge on any atom is 0.460 e. The fourth-order valence-corrected chi connectivity index (χ4v) is 2.34. The van der Waals surface area contributed by atoms with Gasteiger partial charge in [-0.3, -0.25) is 0 Å². The van der Waals surface area contributed by atoms with Gasteiger partial charge in [0, 0.05) is 6.42 Å². The summed E-state index contributed by atoms with van der Waals surface area (Å²) in [7, 11) is 0. The molecule has 0 nitrogen and oxygen atoms in total. The Morgan fingerprint density at radius 2 is 0.583 bits per heavy atom. The van der Waals surface area contributed by atoms with Crippen molar-refractivity contribution in [1.29, 1.82) is 0 Å². The number of halogens is 21. The van der Waals surface area contributed by atoms with Crippen molar-refractivity contribution in [3.05, 3.63) is 0 Å². The number of unbranched alkanes of at least 4 members (excludes halogenated alkanes) is 2. The molecule has 0 fully saturated rings. The minimum Gasteiger partial charge on any atom is -0.200 e. The maximum absolute atomic E-state index is 13.6. The van der Waals surface area contributed by atoms with E-state index >= 15 is 0 Å². The largest absolute Gasteiger partial charge is 0.460 e. The zero-order valence-electron chi connectivity index (χ0n) is 16.8. The van der Waals surface area contributed by atoms with Crippen molar-refractivity contribution in [3.63, 3.8) is 0 Å². The Kier molecular flexibility index (Phi) is 8.70. The fourth-order valence-electron chi connectivity index (χ4n) is 2.34. The SMILES string of the molecule is CCCCCC(F)(F)C(F)(F)C(F)(F)C(F)(F)C(F)(F)C(F)(F)C(F)(F)C(F)(F)C(F)(F)C(F)(F)F. The highest BCUT2D eigenvalue weighted by Gasteiger charge is 2.97. The molecule has 0 aliphatic heterocycles. The molecule has 0 atom stereocenters. The summed E-state index contributed by atoms with van der Waals surface area (Å²) < 4.78 is 276. The van der Waals surface area contributed by atoms with E-state index in [4.69, 9.17) is 0 Å². The Hall–Kier alpha value is -1.47. The first-order valence-corrected chi connectivity index (χ1v) is 8.78. The van der Waals surface area contributed by atoms with Gasteiger partial charge in [-0.05, 0) is 6.42 Å². The van der Waals surface area contributed by atoms with E-state index in [9.17, 15) is 92.2 Å². The molecule has 0 saturated heterocycles. The Labute approximate surface area is 185 Å². The molecule has 218 valence electrons. The van der Waals surface area contributed by atoms with E-state index < -0.39 is 78.7 Å². The van der Waals surface area contributed by atoms with Crippen LogP contribution < -0.4 is 0 Å². The molecule has 0 aromatic heterocycles. The van der Waals surface area contributed by atoms with Crippen molar-refractivity contribution in [2.75, 3.05) is 0 Å². The lowest BCUT2D eigenvalue weighted by atomic mass is 9.85. The standard InChI is InChI=1S/C15H11F21/c1-2-3-4-5-6(16,17)7(18,19)8(20,21)9(22,23)10(24,25)11(26,27)12(28,29)13(30,31)14(32,33)15(34,35)36/h2-5H2,1H3. The van der Waals surface area contributed by atoms with Crippen LogP contribution in [0.15, 0.2) is 0 Å². The number of hydrogen-bond acceptors (Lipinski definition) is 0. The zero-order chi connectivity index (χ0) is 29.8. The zero-order valence-corrected chi connectivity index (χ0v) is 16.8. The van der Waals surface area contributed by atoms with E-state index in [-0.39, 0.29) is 6.42 Å². The summed E-state index contributed by atoms with van der Waals surface area (Å²) in [6.45, 7) is 1.18. The summed E-state index contributed by atoms with van der Waals surface area (Å²) in [5, 5.41) is 0. The molecular weight excluding hydrogens is 579 g/mol.